The van der Waals surface area contributed by atoms with Gasteiger partial charge in [0.25, 0.3) is 0 Å². The normalized spacial score (nSPS) is 12.4. The molecule has 1 N–H and O–H groups in total. The van der Waals surface area contributed by atoms with Gasteiger partial charge in [0.05, 0.1) is 12.6 Å². The Morgan fingerprint density at radius 2 is 1.70 bits per heavy atom. The molecule has 1 atom stereocenters. The van der Waals surface area contributed by atoms with Crippen LogP contribution in [-0.4, -0.2) is 27.2 Å². The Bertz CT molecular complexity index is 831. The number of halogens is 1. The molecule has 0 aliphatic rings. The van der Waals surface area contributed by atoms with Crippen LogP contribution in [-0.2, 0) is 19.6 Å². The van der Waals surface area contributed by atoms with Gasteiger partial charge in [0.15, 0.2) is 0 Å². The first kappa shape index (κ1) is 19.3. The highest BCUT2D eigenvalue weighted by molar-refractivity contribution is 5.20. The van der Waals surface area contributed by atoms with Crippen LogP contribution < -0.4 is 0 Å². The number of nitrogens with zero attached hydrogens (tertiary/aromatic N) is 2. The molecule has 3 rings (SSSR count). The lowest BCUT2D eigenvalue weighted by Crippen LogP contribution is -2.32. The van der Waals surface area contributed by atoms with Crippen LogP contribution in [0.15, 0.2) is 72.9 Å². The smallest absolute Gasteiger partial charge is 0.128 e. The van der Waals surface area contributed by atoms with E-state index in [4.69, 9.17) is 0 Å². The van der Waals surface area contributed by atoms with E-state index >= 15 is 0 Å². The van der Waals surface area contributed by atoms with Gasteiger partial charge in [0.2, 0.25) is 0 Å². The predicted molar refractivity (Wildman–Crippen MR) is 107 cm³/mol. The quantitative estimate of drug-likeness (QED) is 0.606. The number of hydrogen-bond donors (Lipinski definition) is 1. The first-order valence-electron chi connectivity index (χ1n) is 9.47. The van der Waals surface area contributed by atoms with E-state index in [0.29, 0.717) is 25.2 Å². The molecule has 0 fully saturated rings. The van der Waals surface area contributed by atoms with Crippen LogP contribution in [0.3, 0.4) is 0 Å². The van der Waals surface area contributed by atoms with Gasteiger partial charge in [-0.05, 0) is 30.2 Å². The largest absolute Gasteiger partial charge is 0.392 e. The van der Waals surface area contributed by atoms with Crippen LogP contribution in [0.25, 0.3) is 0 Å². The Morgan fingerprint density at radius 3 is 2.44 bits per heavy atom. The van der Waals surface area contributed by atoms with E-state index in [1.165, 1.54) is 11.6 Å². The van der Waals surface area contributed by atoms with Gasteiger partial charge in [0.1, 0.15) is 5.82 Å². The van der Waals surface area contributed by atoms with Crippen molar-refractivity contribution >= 4 is 0 Å². The molecule has 3 aromatic rings. The lowest BCUT2D eigenvalue weighted by Gasteiger charge is -2.25. The maximum Gasteiger partial charge on any atom is 0.128 e. The monoisotopic (exact) mass is 366 g/mol. The Kier molecular flexibility index (Phi) is 6.80. The molecule has 1 aromatic heterocycles. The standard InChI is InChI=1S/C23H27FN2O/c1-2-22(27)18-25(15-19-9-4-3-5-10-19)17-21-12-8-14-26(21)16-20-11-6-7-13-23(20)24/h3-14,22,27H,2,15-18H2,1H3/t22-/m0/s1. The van der Waals surface area contributed by atoms with E-state index in [0.717, 1.165) is 18.7 Å². The Morgan fingerprint density at radius 1 is 0.963 bits per heavy atom. The van der Waals surface area contributed by atoms with Crippen LogP contribution >= 0.6 is 0 Å². The maximum atomic E-state index is 14.0. The third-order valence-electron chi connectivity index (χ3n) is 4.80. The molecule has 0 saturated heterocycles. The van der Waals surface area contributed by atoms with Crippen molar-refractivity contribution in [1.29, 1.82) is 0 Å². The first-order chi connectivity index (χ1) is 13.2. The highest BCUT2D eigenvalue weighted by Crippen LogP contribution is 2.15. The van der Waals surface area contributed by atoms with Gasteiger partial charge in [-0.25, -0.2) is 4.39 Å². The molecule has 0 unspecified atom stereocenters. The average molecular weight is 366 g/mol. The van der Waals surface area contributed by atoms with Gasteiger partial charge in [-0.3, -0.25) is 4.90 Å². The van der Waals surface area contributed by atoms with Crippen molar-refractivity contribution in [3.63, 3.8) is 0 Å². The van der Waals surface area contributed by atoms with E-state index in [1.54, 1.807) is 6.07 Å². The molecule has 3 nitrogen and oxygen atoms in total. The van der Waals surface area contributed by atoms with E-state index in [2.05, 4.69) is 27.7 Å². The van der Waals surface area contributed by atoms with Gasteiger partial charge >= 0.3 is 0 Å². The van der Waals surface area contributed by atoms with Crippen molar-refractivity contribution in [2.24, 2.45) is 0 Å². The summed E-state index contributed by atoms with van der Waals surface area (Å²) >= 11 is 0. The minimum atomic E-state index is -0.358. The summed E-state index contributed by atoms with van der Waals surface area (Å²) in [5, 5.41) is 10.2. The molecule has 0 saturated carbocycles. The molecule has 0 radical (unpaired) electrons. The molecule has 0 bridgehead atoms. The summed E-state index contributed by atoms with van der Waals surface area (Å²) in [4.78, 5) is 2.25. The van der Waals surface area contributed by atoms with E-state index in [-0.39, 0.29) is 11.9 Å². The molecule has 27 heavy (non-hydrogen) atoms. The maximum absolute atomic E-state index is 14.0. The van der Waals surface area contributed by atoms with E-state index < -0.39 is 0 Å². The van der Waals surface area contributed by atoms with Crippen molar-refractivity contribution in [3.8, 4) is 0 Å². The summed E-state index contributed by atoms with van der Waals surface area (Å²) in [7, 11) is 0. The summed E-state index contributed by atoms with van der Waals surface area (Å²) in [5.74, 6) is -0.181. The fourth-order valence-electron chi connectivity index (χ4n) is 3.24. The second-order valence-electron chi connectivity index (χ2n) is 6.94. The zero-order chi connectivity index (χ0) is 19.1. The number of aromatic nitrogens is 1. The van der Waals surface area contributed by atoms with E-state index in [1.807, 2.05) is 49.5 Å². The molecule has 1 heterocycles. The van der Waals surface area contributed by atoms with Crippen molar-refractivity contribution in [2.75, 3.05) is 6.54 Å². The molecular formula is C23H27FN2O. The SMILES string of the molecule is CC[C@H](O)CN(Cc1ccccc1)Cc1cccn1Cc1ccccc1F. The van der Waals surface area contributed by atoms with Crippen molar-refractivity contribution < 1.29 is 9.50 Å². The van der Waals surface area contributed by atoms with Gasteiger partial charge < -0.3 is 9.67 Å². The molecule has 4 heteroatoms. The van der Waals surface area contributed by atoms with Gasteiger partial charge in [-0.1, -0.05) is 55.5 Å². The minimum absolute atomic E-state index is 0.181. The predicted octanol–water partition coefficient (Wildman–Crippen LogP) is 4.45. The number of benzene rings is 2. The zero-order valence-electron chi connectivity index (χ0n) is 15.8. The molecule has 0 aliphatic carbocycles. The zero-order valence-corrected chi connectivity index (χ0v) is 15.8. The fraction of sp³-hybridized carbons (Fsp3) is 0.304. The molecular weight excluding hydrogens is 339 g/mol. The summed E-state index contributed by atoms with van der Waals surface area (Å²) in [6, 6.07) is 21.2. The molecule has 2 aromatic carbocycles. The molecule has 0 amide bonds. The lowest BCUT2D eigenvalue weighted by molar-refractivity contribution is 0.100. The van der Waals surface area contributed by atoms with Crippen LogP contribution in [0, 0.1) is 5.82 Å². The Balaban J connectivity index is 1.75. The lowest BCUT2D eigenvalue weighted by atomic mass is 10.1. The Labute approximate surface area is 160 Å². The van der Waals surface area contributed by atoms with Crippen LogP contribution in [0.4, 0.5) is 4.39 Å². The fourth-order valence-corrected chi connectivity index (χ4v) is 3.24. The van der Waals surface area contributed by atoms with Crippen molar-refractivity contribution in [1.82, 2.24) is 9.47 Å². The van der Waals surface area contributed by atoms with Gasteiger partial charge in [-0.15, -0.1) is 0 Å². The van der Waals surface area contributed by atoms with Crippen LogP contribution in [0.5, 0.6) is 0 Å². The summed E-state index contributed by atoms with van der Waals surface area (Å²) in [6.07, 6.45) is 2.35. The van der Waals surface area contributed by atoms with Crippen LogP contribution in [0.2, 0.25) is 0 Å². The molecule has 0 spiro atoms. The molecule has 142 valence electrons. The summed E-state index contributed by atoms with van der Waals surface area (Å²) in [5.41, 5.74) is 3.00. The third kappa shape index (κ3) is 5.52. The second kappa shape index (κ2) is 9.49. The third-order valence-corrected chi connectivity index (χ3v) is 4.80. The Hall–Kier alpha value is -2.43. The van der Waals surface area contributed by atoms with Gasteiger partial charge in [-0.2, -0.15) is 0 Å². The summed E-state index contributed by atoms with van der Waals surface area (Å²) < 4.78 is 16.1. The number of aliphatic hydroxyl groups is 1. The average Bonchev–Trinajstić information content (AvgIpc) is 3.11. The highest BCUT2D eigenvalue weighted by Gasteiger charge is 2.14. The summed E-state index contributed by atoms with van der Waals surface area (Å²) in [6.45, 7) is 4.57. The minimum Gasteiger partial charge on any atom is -0.392 e. The van der Waals surface area contributed by atoms with Crippen molar-refractivity contribution in [3.05, 3.63) is 95.6 Å². The number of rotatable bonds is 9. The number of hydrogen-bond acceptors (Lipinski definition) is 2. The first-order valence-corrected chi connectivity index (χ1v) is 9.47. The van der Waals surface area contributed by atoms with Crippen LogP contribution in [0.1, 0.15) is 30.2 Å². The van der Waals surface area contributed by atoms with E-state index in [9.17, 15) is 9.50 Å². The van der Waals surface area contributed by atoms with Crippen molar-refractivity contribution in [2.45, 2.75) is 39.1 Å². The second-order valence-corrected chi connectivity index (χ2v) is 6.94. The van der Waals surface area contributed by atoms with Gasteiger partial charge in [0, 0.05) is 37.1 Å². The topological polar surface area (TPSA) is 28.4 Å². The highest BCUT2D eigenvalue weighted by atomic mass is 19.1. The molecule has 0 aliphatic heterocycles. The number of aliphatic hydroxyl groups excluding tert-OH is 1.